The molecule has 0 atom stereocenters. The van der Waals surface area contributed by atoms with Crippen LogP contribution < -0.4 is 5.32 Å². The van der Waals surface area contributed by atoms with Crippen LogP contribution in [0.15, 0.2) is 30.3 Å². The summed E-state index contributed by atoms with van der Waals surface area (Å²) in [6.07, 6.45) is 0. The maximum Gasteiger partial charge on any atom is 0.335 e. The van der Waals surface area contributed by atoms with Crippen molar-refractivity contribution in [1.82, 2.24) is 10.2 Å². The molecule has 0 amide bonds. The van der Waals surface area contributed by atoms with Crippen LogP contribution in [0.3, 0.4) is 0 Å². The molecule has 1 aromatic heterocycles. The van der Waals surface area contributed by atoms with Crippen LogP contribution in [0, 0.1) is 0 Å². The summed E-state index contributed by atoms with van der Waals surface area (Å²) < 4.78 is 0. The van der Waals surface area contributed by atoms with Gasteiger partial charge in [-0.25, -0.2) is 4.79 Å². The number of hydrogen-bond donors (Lipinski definition) is 2. The summed E-state index contributed by atoms with van der Waals surface area (Å²) in [5.41, 5.74) is 1.73. The fraction of sp³-hybridized carbons (Fsp3) is 0.0833. The fourth-order valence-electron chi connectivity index (χ4n) is 1.44. The normalized spacial score (nSPS) is 10.2. The molecule has 0 aliphatic rings. The van der Waals surface area contributed by atoms with Gasteiger partial charge in [0.1, 0.15) is 0 Å². The highest BCUT2D eigenvalue weighted by Crippen LogP contribution is 2.21. The van der Waals surface area contributed by atoms with E-state index in [0.717, 1.165) is 5.56 Å². The third kappa shape index (κ3) is 3.56. The minimum Gasteiger partial charge on any atom is -0.478 e. The lowest BCUT2D eigenvalue weighted by atomic mass is 10.1. The summed E-state index contributed by atoms with van der Waals surface area (Å²) in [7, 11) is 0. The van der Waals surface area contributed by atoms with Gasteiger partial charge in [-0.3, -0.25) is 0 Å². The van der Waals surface area contributed by atoms with Crippen LogP contribution in [0.4, 0.5) is 5.69 Å². The molecule has 2 rings (SSSR count). The molecule has 2 N–H and O–H groups in total. The topological polar surface area (TPSA) is 75.1 Å². The Labute approximate surface area is 119 Å². The predicted octanol–water partition coefficient (Wildman–Crippen LogP) is 3.09. The van der Waals surface area contributed by atoms with Crippen molar-refractivity contribution >= 4 is 34.9 Å². The van der Waals surface area contributed by atoms with E-state index in [1.165, 1.54) is 0 Å². The van der Waals surface area contributed by atoms with Crippen molar-refractivity contribution in [2.45, 2.75) is 6.54 Å². The number of carboxylic acids is 1. The van der Waals surface area contributed by atoms with Crippen molar-refractivity contribution in [3.8, 4) is 0 Å². The molecule has 1 heterocycles. The molecule has 7 heteroatoms. The number of hydrogen-bond acceptors (Lipinski definition) is 4. The number of nitrogens with zero attached hydrogens (tertiary/aromatic N) is 2. The van der Waals surface area contributed by atoms with Gasteiger partial charge in [0.15, 0.2) is 10.3 Å². The Morgan fingerprint density at radius 3 is 2.53 bits per heavy atom. The van der Waals surface area contributed by atoms with Crippen LogP contribution in [-0.2, 0) is 6.54 Å². The quantitative estimate of drug-likeness (QED) is 0.907. The summed E-state index contributed by atoms with van der Waals surface area (Å²) in [6.45, 7) is 0.474. The van der Waals surface area contributed by atoms with Gasteiger partial charge in [-0.2, -0.15) is 0 Å². The second kappa shape index (κ2) is 5.86. The first-order chi connectivity index (χ1) is 9.06. The summed E-state index contributed by atoms with van der Waals surface area (Å²) in [5, 5.41) is 19.6. The van der Waals surface area contributed by atoms with Crippen LogP contribution in [0.2, 0.25) is 10.3 Å². The smallest absolute Gasteiger partial charge is 0.335 e. The number of carboxylic acid groups (broad SMARTS) is 1. The van der Waals surface area contributed by atoms with Gasteiger partial charge in [0.25, 0.3) is 0 Å². The van der Waals surface area contributed by atoms with Crippen LogP contribution in [0.5, 0.6) is 0 Å². The maximum atomic E-state index is 10.7. The minimum absolute atomic E-state index is 0.228. The molecule has 0 radical (unpaired) electrons. The molecule has 0 fully saturated rings. The summed E-state index contributed by atoms with van der Waals surface area (Å²) in [6, 6.07) is 8.10. The van der Waals surface area contributed by atoms with Crippen molar-refractivity contribution in [2.24, 2.45) is 0 Å². The monoisotopic (exact) mass is 297 g/mol. The standard InChI is InChI=1S/C12H9Cl2N3O2/c13-10-5-9(11(14)17-16-10)15-6-7-1-3-8(4-2-7)12(18)19/h1-5H,6H2,(H,15,16)(H,18,19). The molecular weight excluding hydrogens is 289 g/mol. The van der Waals surface area contributed by atoms with Crippen LogP contribution in [0.25, 0.3) is 0 Å². The number of rotatable bonds is 4. The number of carbonyl (C=O) groups is 1. The lowest BCUT2D eigenvalue weighted by Crippen LogP contribution is -2.02. The van der Waals surface area contributed by atoms with E-state index in [0.29, 0.717) is 12.2 Å². The molecule has 0 spiro atoms. The van der Waals surface area contributed by atoms with Gasteiger partial charge in [-0.05, 0) is 17.7 Å². The number of aromatic carboxylic acids is 1. The first-order valence-electron chi connectivity index (χ1n) is 5.31. The maximum absolute atomic E-state index is 10.7. The molecule has 5 nitrogen and oxygen atoms in total. The van der Waals surface area contributed by atoms with E-state index in [1.807, 2.05) is 0 Å². The zero-order valence-corrected chi connectivity index (χ0v) is 11.1. The molecular formula is C12H9Cl2N3O2. The molecule has 98 valence electrons. The predicted molar refractivity (Wildman–Crippen MR) is 72.8 cm³/mol. The lowest BCUT2D eigenvalue weighted by molar-refractivity contribution is 0.0697. The van der Waals surface area contributed by atoms with E-state index < -0.39 is 5.97 Å². The first-order valence-corrected chi connectivity index (χ1v) is 6.06. The van der Waals surface area contributed by atoms with Gasteiger partial charge in [0.2, 0.25) is 0 Å². The summed E-state index contributed by atoms with van der Waals surface area (Å²) >= 11 is 11.6. The molecule has 0 aliphatic carbocycles. The highest BCUT2D eigenvalue weighted by molar-refractivity contribution is 6.33. The van der Waals surface area contributed by atoms with Crippen molar-refractivity contribution in [3.63, 3.8) is 0 Å². The van der Waals surface area contributed by atoms with E-state index in [9.17, 15) is 4.79 Å². The van der Waals surface area contributed by atoms with Crippen molar-refractivity contribution in [3.05, 3.63) is 51.8 Å². The molecule has 0 unspecified atom stereocenters. The third-order valence-corrected chi connectivity index (χ3v) is 2.87. The Morgan fingerprint density at radius 1 is 1.21 bits per heavy atom. The minimum atomic E-state index is -0.951. The summed E-state index contributed by atoms with van der Waals surface area (Å²) in [4.78, 5) is 10.7. The van der Waals surface area contributed by atoms with Gasteiger partial charge in [0.05, 0.1) is 11.3 Å². The van der Waals surface area contributed by atoms with Gasteiger partial charge in [0, 0.05) is 12.6 Å². The van der Waals surface area contributed by atoms with Crippen molar-refractivity contribution < 1.29 is 9.90 Å². The van der Waals surface area contributed by atoms with Crippen molar-refractivity contribution in [2.75, 3.05) is 5.32 Å². The zero-order valence-electron chi connectivity index (χ0n) is 9.60. The SMILES string of the molecule is O=C(O)c1ccc(CNc2cc(Cl)nnc2Cl)cc1. The van der Waals surface area contributed by atoms with Gasteiger partial charge >= 0.3 is 5.97 Å². The average Bonchev–Trinajstić information content (AvgIpc) is 2.40. The Kier molecular flexibility index (Phi) is 4.19. The Balaban J connectivity index is 2.06. The van der Waals surface area contributed by atoms with Gasteiger partial charge in [-0.15, -0.1) is 10.2 Å². The Hall–Kier alpha value is -1.85. The molecule has 0 saturated heterocycles. The first kappa shape index (κ1) is 13.6. The average molecular weight is 298 g/mol. The van der Waals surface area contributed by atoms with Crippen LogP contribution >= 0.6 is 23.2 Å². The van der Waals surface area contributed by atoms with E-state index in [2.05, 4.69) is 15.5 Å². The molecule has 0 bridgehead atoms. The highest BCUT2D eigenvalue weighted by Gasteiger charge is 2.05. The third-order valence-electron chi connectivity index (χ3n) is 2.40. The Bertz CT molecular complexity index is 602. The Morgan fingerprint density at radius 2 is 1.89 bits per heavy atom. The number of benzene rings is 1. The second-order valence-corrected chi connectivity index (χ2v) is 4.47. The molecule has 19 heavy (non-hydrogen) atoms. The van der Waals surface area contributed by atoms with Gasteiger partial charge < -0.3 is 10.4 Å². The largest absolute Gasteiger partial charge is 0.478 e. The molecule has 2 aromatic rings. The van der Waals surface area contributed by atoms with Gasteiger partial charge in [-0.1, -0.05) is 35.3 Å². The molecule has 0 saturated carbocycles. The van der Waals surface area contributed by atoms with E-state index in [4.69, 9.17) is 28.3 Å². The van der Waals surface area contributed by atoms with Crippen LogP contribution in [-0.4, -0.2) is 21.3 Å². The van der Waals surface area contributed by atoms with Crippen LogP contribution in [0.1, 0.15) is 15.9 Å². The van der Waals surface area contributed by atoms with E-state index in [-0.39, 0.29) is 15.9 Å². The lowest BCUT2D eigenvalue weighted by Gasteiger charge is -2.07. The van der Waals surface area contributed by atoms with E-state index >= 15 is 0 Å². The number of halogens is 2. The van der Waals surface area contributed by atoms with E-state index in [1.54, 1.807) is 30.3 Å². The fourth-order valence-corrected chi connectivity index (χ4v) is 1.75. The summed E-state index contributed by atoms with van der Waals surface area (Å²) in [5.74, 6) is -0.951. The number of anilines is 1. The zero-order chi connectivity index (χ0) is 13.8. The second-order valence-electron chi connectivity index (χ2n) is 3.73. The highest BCUT2D eigenvalue weighted by atomic mass is 35.5. The molecule has 0 aliphatic heterocycles. The number of nitrogens with one attached hydrogen (secondary N) is 1. The molecule has 1 aromatic carbocycles. The van der Waals surface area contributed by atoms with Crippen molar-refractivity contribution in [1.29, 1.82) is 0 Å². The number of aromatic nitrogens is 2.